The van der Waals surface area contributed by atoms with Crippen molar-refractivity contribution < 1.29 is 9.90 Å². The molecule has 18 heavy (non-hydrogen) atoms. The van der Waals surface area contributed by atoms with Crippen LogP contribution in [0.3, 0.4) is 0 Å². The van der Waals surface area contributed by atoms with Crippen molar-refractivity contribution in [2.24, 2.45) is 5.41 Å². The summed E-state index contributed by atoms with van der Waals surface area (Å²) in [4.78, 5) is 14.4. The third kappa shape index (κ3) is 3.23. The highest BCUT2D eigenvalue weighted by Crippen LogP contribution is 2.49. The summed E-state index contributed by atoms with van der Waals surface area (Å²) in [5.74, 6) is 0.277. The fraction of sp³-hybridized carbons (Fsp3) is 0.929. The summed E-state index contributed by atoms with van der Waals surface area (Å²) in [6.07, 6.45) is 6.33. The first-order chi connectivity index (χ1) is 8.71. The summed E-state index contributed by atoms with van der Waals surface area (Å²) in [7, 11) is 0. The normalized spacial score (nSPS) is 26.4. The van der Waals surface area contributed by atoms with Gasteiger partial charge in [-0.15, -0.1) is 0 Å². The van der Waals surface area contributed by atoms with E-state index in [1.807, 2.05) is 4.90 Å². The predicted molar refractivity (Wildman–Crippen MR) is 71.3 cm³/mol. The van der Waals surface area contributed by atoms with Crippen molar-refractivity contribution in [3.05, 3.63) is 0 Å². The van der Waals surface area contributed by atoms with Gasteiger partial charge in [0.15, 0.2) is 0 Å². The quantitative estimate of drug-likeness (QED) is 0.716. The third-order valence-electron chi connectivity index (χ3n) is 4.30. The molecule has 4 heteroatoms. The number of amides is 1. The maximum atomic E-state index is 12.3. The van der Waals surface area contributed by atoms with E-state index in [0.717, 1.165) is 45.3 Å². The Balaban J connectivity index is 1.86. The van der Waals surface area contributed by atoms with Crippen LogP contribution in [0.2, 0.25) is 0 Å². The zero-order valence-corrected chi connectivity index (χ0v) is 11.5. The number of aliphatic hydroxyl groups is 1. The molecule has 4 nitrogen and oxygen atoms in total. The molecule has 1 aliphatic heterocycles. The molecule has 0 aromatic carbocycles. The smallest absolute Gasteiger partial charge is 0.239 e. The van der Waals surface area contributed by atoms with Gasteiger partial charge in [0.2, 0.25) is 5.91 Å². The van der Waals surface area contributed by atoms with E-state index in [2.05, 4.69) is 12.2 Å². The number of nitrogens with one attached hydrogen (secondary N) is 1. The average molecular weight is 254 g/mol. The van der Waals surface area contributed by atoms with Crippen LogP contribution in [0.4, 0.5) is 0 Å². The number of piperidine rings is 1. The molecule has 2 N–H and O–H groups in total. The van der Waals surface area contributed by atoms with Crippen molar-refractivity contribution in [2.75, 3.05) is 26.2 Å². The highest BCUT2D eigenvalue weighted by Gasteiger charge is 2.45. The number of rotatable bonds is 7. The maximum Gasteiger partial charge on any atom is 0.239 e. The van der Waals surface area contributed by atoms with Gasteiger partial charge in [-0.2, -0.15) is 0 Å². The molecule has 0 aromatic rings. The Labute approximate surface area is 110 Å². The molecule has 0 radical (unpaired) electrons. The van der Waals surface area contributed by atoms with E-state index in [1.54, 1.807) is 0 Å². The molecule has 0 spiro atoms. The number of aliphatic hydroxyl groups excluding tert-OH is 1. The van der Waals surface area contributed by atoms with E-state index in [4.69, 9.17) is 5.11 Å². The SMILES string of the molecule is CCCNC1CCCN(CC2(CCO)CC2)C1=O. The van der Waals surface area contributed by atoms with Crippen molar-refractivity contribution in [2.45, 2.75) is 51.5 Å². The first-order valence-corrected chi connectivity index (χ1v) is 7.34. The minimum atomic E-state index is 0.0311. The van der Waals surface area contributed by atoms with Gasteiger partial charge in [-0.1, -0.05) is 6.92 Å². The Kier molecular flexibility index (Phi) is 4.62. The Hall–Kier alpha value is -0.610. The van der Waals surface area contributed by atoms with Gasteiger partial charge in [-0.3, -0.25) is 4.79 Å². The molecule has 1 unspecified atom stereocenters. The van der Waals surface area contributed by atoms with Crippen LogP contribution in [0.15, 0.2) is 0 Å². The van der Waals surface area contributed by atoms with Crippen molar-refractivity contribution in [1.29, 1.82) is 0 Å². The number of carbonyl (C=O) groups excluding carboxylic acids is 1. The Morgan fingerprint density at radius 3 is 2.89 bits per heavy atom. The number of nitrogens with zero attached hydrogens (tertiary/aromatic N) is 1. The van der Waals surface area contributed by atoms with Crippen LogP contribution in [0, 0.1) is 5.41 Å². The van der Waals surface area contributed by atoms with E-state index < -0.39 is 0 Å². The van der Waals surface area contributed by atoms with Gasteiger partial charge in [0.05, 0.1) is 6.04 Å². The van der Waals surface area contributed by atoms with Gasteiger partial charge >= 0.3 is 0 Å². The van der Waals surface area contributed by atoms with Gasteiger partial charge in [0.25, 0.3) is 0 Å². The van der Waals surface area contributed by atoms with E-state index in [9.17, 15) is 4.79 Å². The van der Waals surface area contributed by atoms with E-state index >= 15 is 0 Å². The summed E-state index contributed by atoms with van der Waals surface area (Å²) in [5, 5.41) is 12.4. The number of hydrogen-bond acceptors (Lipinski definition) is 3. The third-order valence-corrected chi connectivity index (χ3v) is 4.30. The fourth-order valence-electron chi connectivity index (χ4n) is 2.91. The second-order valence-corrected chi connectivity index (χ2v) is 5.88. The molecule has 1 heterocycles. The molecule has 2 fully saturated rings. The van der Waals surface area contributed by atoms with Crippen LogP contribution in [0.5, 0.6) is 0 Å². The lowest BCUT2D eigenvalue weighted by molar-refractivity contribution is -0.137. The lowest BCUT2D eigenvalue weighted by atomic mass is 9.98. The van der Waals surface area contributed by atoms with Crippen LogP contribution in [-0.4, -0.2) is 48.2 Å². The molecule has 1 atom stereocenters. The molecule has 2 rings (SSSR count). The molecule has 0 bridgehead atoms. The first kappa shape index (κ1) is 13.8. The average Bonchev–Trinajstić information content (AvgIpc) is 3.11. The largest absolute Gasteiger partial charge is 0.396 e. The molecular formula is C14H26N2O2. The summed E-state index contributed by atoms with van der Waals surface area (Å²) in [5.41, 5.74) is 0.247. The second-order valence-electron chi connectivity index (χ2n) is 5.88. The molecule has 0 aromatic heterocycles. The Morgan fingerprint density at radius 2 is 2.28 bits per heavy atom. The topological polar surface area (TPSA) is 52.6 Å². The monoisotopic (exact) mass is 254 g/mol. The van der Waals surface area contributed by atoms with Crippen LogP contribution < -0.4 is 5.32 Å². The van der Waals surface area contributed by atoms with Crippen molar-refractivity contribution in [3.8, 4) is 0 Å². The van der Waals surface area contributed by atoms with E-state index in [-0.39, 0.29) is 24.0 Å². The van der Waals surface area contributed by atoms with Crippen LogP contribution in [0.1, 0.15) is 45.4 Å². The number of hydrogen-bond donors (Lipinski definition) is 2. The molecule has 1 amide bonds. The van der Waals surface area contributed by atoms with E-state index in [0.29, 0.717) is 0 Å². The van der Waals surface area contributed by atoms with Gasteiger partial charge in [0.1, 0.15) is 0 Å². The van der Waals surface area contributed by atoms with Gasteiger partial charge < -0.3 is 15.3 Å². The second kappa shape index (κ2) is 6.02. The lowest BCUT2D eigenvalue weighted by Crippen LogP contribution is -2.52. The van der Waals surface area contributed by atoms with Crippen LogP contribution >= 0.6 is 0 Å². The fourth-order valence-corrected chi connectivity index (χ4v) is 2.91. The molecule has 1 saturated heterocycles. The summed E-state index contributed by atoms with van der Waals surface area (Å²) in [6, 6.07) is 0.0311. The van der Waals surface area contributed by atoms with Crippen molar-refractivity contribution in [3.63, 3.8) is 0 Å². The standard InChI is InChI=1S/C14H26N2O2/c1-2-8-15-12-4-3-9-16(13(12)18)11-14(5-6-14)7-10-17/h12,15,17H,2-11H2,1H3. The minimum Gasteiger partial charge on any atom is -0.396 e. The zero-order valence-electron chi connectivity index (χ0n) is 11.5. The molecular weight excluding hydrogens is 228 g/mol. The Morgan fingerprint density at radius 1 is 1.50 bits per heavy atom. The summed E-state index contributed by atoms with van der Waals surface area (Å²) in [6.45, 7) is 5.05. The predicted octanol–water partition coefficient (Wildman–Crippen LogP) is 1.14. The number of likely N-dealkylation sites (tertiary alicyclic amines) is 1. The zero-order chi connectivity index (χ0) is 13.0. The first-order valence-electron chi connectivity index (χ1n) is 7.34. The molecule has 1 aliphatic carbocycles. The molecule has 2 aliphatic rings. The van der Waals surface area contributed by atoms with Crippen LogP contribution in [0.25, 0.3) is 0 Å². The van der Waals surface area contributed by atoms with Crippen molar-refractivity contribution >= 4 is 5.91 Å². The number of carbonyl (C=O) groups is 1. The summed E-state index contributed by atoms with van der Waals surface area (Å²) < 4.78 is 0. The minimum absolute atomic E-state index is 0.0311. The van der Waals surface area contributed by atoms with Crippen molar-refractivity contribution in [1.82, 2.24) is 10.2 Å². The van der Waals surface area contributed by atoms with Crippen LogP contribution in [-0.2, 0) is 4.79 Å². The van der Waals surface area contributed by atoms with Gasteiger partial charge in [-0.05, 0) is 50.5 Å². The van der Waals surface area contributed by atoms with Gasteiger partial charge in [-0.25, -0.2) is 0 Å². The Bertz CT molecular complexity index is 290. The maximum absolute atomic E-state index is 12.3. The highest BCUT2D eigenvalue weighted by atomic mass is 16.3. The molecule has 104 valence electrons. The molecule has 1 saturated carbocycles. The highest BCUT2D eigenvalue weighted by molar-refractivity contribution is 5.82. The lowest BCUT2D eigenvalue weighted by Gasteiger charge is -2.35. The summed E-state index contributed by atoms with van der Waals surface area (Å²) >= 11 is 0. The van der Waals surface area contributed by atoms with Gasteiger partial charge in [0, 0.05) is 19.7 Å². The van der Waals surface area contributed by atoms with E-state index in [1.165, 1.54) is 12.8 Å².